The van der Waals surface area contributed by atoms with Gasteiger partial charge in [0.15, 0.2) is 5.82 Å². The van der Waals surface area contributed by atoms with Crippen molar-refractivity contribution in [3.8, 4) is 0 Å². The van der Waals surface area contributed by atoms with Crippen LogP contribution in [0.4, 0.5) is 30.6 Å². The maximum Gasteiger partial charge on any atom is 0.433 e. The number of carbonyl (C=O) groups excluding carboxylic acids is 1. The average Bonchev–Trinajstić information content (AvgIpc) is 3.18. The zero-order chi connectivity index (χ0) is 23.0. The lowest BCUT2D eigenvalue weighted by atomic mass is 10.2. The van der Waals surface area contributed by atoms with Gasteiger partial charge in [-0.3, -0.25) is 14.5 Å². The molecular weight excluding hydrogens is 425 g/mol. The van der Waals surface area contributed by atoms with E-state index in [4.69, 9.17) is 0 Å². The van der Waals surface area contributed by atoms with E-state index in [0.29, 0.717) is 41.8 Å². The SMILES string of the molecule is Cc1nc(NCc2cnn(Cc3ccc(C(F)(F)F)nc3)c2)nc2c1NC(=O)[C@@H](C)N2C. The number of carbonyl (C=O) groups is 1. The van der Waals surface area contributed by atoms with Crippen LogP contribution in [0.5, 0.6) is 0 Å². The fourth-order valence-electron chi connectivity index (χ4n) is 3.26. The fraction of sp³-hybridized carbons (Fsp3) is 0.350. The highest BCUT2D eigenvalue weighted by molar-refractivity contribution is 6.03. The molecule has 3 aromatic heterocycles. The molecule has 0 bridgehead atoms. The molecule has 1 aliphatic heterocycles. The lowest BCUT2D eigenvalue weighted by Crippen LogP contribution is -2.44. The van der Waals surface area contributed by atoms with Gasteiger partial charge in [0.05, 0.1) is 18.4 Å². The van der Waals surface area contributed by atoms with Crippen molar-refractivity contribution in [1.82, 2.24) is 24.7 Å². The van der Waals surface area contributed by atoms with Crippen LogP contribution in [0.3, 0.4) is 0 Å². The molecule has 1 amide bonds. The minimum Gasteiger partial charge on any atom is -0.350 e. The van der Waals surface area contributed by atoms with Gasteiger partial charge in [-0.15, -0.1) is 0 Å². The first-order chi connectivity index (χ1) is 15.1. The Kier molecular flexibility index (Phi) is 5.45. The van der Waals surface area contributed by atoms with Crippen molar-refractivity contribution in [2.45, 2.75) is 39.2 Å². The van der Waals surface area contributed by atoms with Crippen LogP contribution in [0.1, 0.15) is 29.4 Å². The number of hydrogen-bond donors (Lipinski definition) is 2. The molecular formula is C20H21F3N8O. The first kappa shape index (κ1) is 21.5. The third kappa shape index (κ3) is 4.34. The average molecular weight is 446 g/mol. The maximum absolute atomic E-state index is 12.6. The van der Waals surface area contributed by atoms with Crippen LogP contribution in [-0.2, 0) is 24.1 Å². The molecule has 0 spiro atoms. The number of pyridine rings is 1. The lowest BCUT2D eigenvalue weighted by Gasteiger charge is -2.32. The zero-order valence-electron chi connectivity index (χ0n) is 17.6. The molecule has 0 saturated heterocycles. The van der Waals surface area contributed by atoms with Gasteiger partial charge in [0, 0.05) is 31.5 Å². The smallest absolute Gasteiger partial charge is 0.350 e. The fourth-order valence-corrected chi connectivity index (χ4v) is 3.26. The molecule has 12 heteroatoms. The van der Waals surface area contributed by atoms with Gasteiger partial charge < -0.3 is 15.5 Å². The predicted octanol–water partition coefficient (Wildman–Crippen LogP) is 2.83. The maximum atomic E-state index is 12.6. The van der Waals surface area contributed by atoms with Gasteiger partial charge in [-0.1, -0.05) is 6.07 Å². The van der Waals surface area contributed by atoms with E-state index >= 15 is 0 Å². The lowest BCUT2D eigenvalue weighted by molar-refractivity contribution is -0.141. The van der Waals surface area contributed by atoms with E-state index in [0.717, 1.165) is 11.6 Å². The summed E-state index contributed by atoms with van der Waals surface area (Å²) in [6, 6.07) is 2.00. The van der Waals surface area contributed by atoms with Crippen molar-refractivity contribution in [2.75, 3.05) is 22.6 Å². The number of anilines is 3. The molecule has 4 heterocycles. The van der Waals surface area contributed by atoms with Gasteiger partial charge in [0.25, 0.3) is 0 Å². The van der Waals surface area contributed by atoms with Crippen LogP contribution in [-0.4, -0.2) is 43.7 Å². The molecule has 0 unspecified atom stereocenters. The number of halogens is 3. The second-order valence-corrected chi connectivity index (χ2v) is 7.56. The number of aryl methyl sites for hydroxylation is 1. The van der Waals surface area contributed by atoms with Gasteiger partial charge in [-0.05, 0) is 25.5 Å². The summed E-state index contributed by atoms with van der Waals surface area (Å²) in [5.74, 6) is 0.941. The molecule has 1 aliphatic rings. The monoisotopic (exact) mass is 446 g/mol. The Morgan fingerprint density at radius 1 is 1.19 bits per heavy atom. The summed E-state index contributed by atoms with van der Waals surface area (Å²) in [5, 5.41) is 10.2. The normalized spacial score (nSPS) is 16.0. The number of likely N-dealkylation sites (N-methyl/N-ethyl adjacent to an activating group) is 1. The number of rotatable bonds is 5. The highest BCUT2D eigenvalue weighted by atomic mass is 19.4. The predicted molar refractivity (Wildman–Crippen MR) is 111 cm³/mol. The highest BCUT2D eigenvalue weighted by Crippen LogP contribution is 2.32. The topological polar surface area (TPSA) is 101 Å². The quantitative estimate of drug-likeness (QED) is 0.622. The summed E-state index contributed by atoms with van der Waals surface area (Å²) in [6.07, 6.45) is 0.176. The molecule has 2 N–H and O–H groups in total. The third-order valence-corrected chi connectivity index (χ3v) is 5.21. The van der Waals surface area contributed by atoms with Gasteiger partial charge in [0.1, 0.15) is 17.4 Å². The van der Waals surface area contributed by atoms with Crippen LogP contribution >= 0.6 is 0 Å². The van der Waals surface area contributed by atoms with E-state index in [2.05, 4.69) is 30.7 Å². The van der Waals surface area contributed by atoms with Crippen molar-refractivity contribution >= 4 is 23.4 Å². The van der Waals surface area contributed by atoms with Gasteiger partial charge in [-0.25, -0.2) is 4.98 Å². The van der Waals surface area contributed by atoms with E-state index < -0.39 is 11.9 Å². The molecule has 0 aliphatic carbocycles. The number of nitrogens with one attached hydrogen (secondary N) is 2. The summed E-state index contributed by atoms with van der Waals surface area (Å²) in [6.45, 7) is 4.28. The first-order valence-corrected chi connectivity index (χ1v) is 9.81. The van der Waals surface area contributed by atoms with Gasteiger partial charge in [0.2, 0.25) is 11.9 Å². The van der Waals surface area contributed by atoms with Crippen LogP contribution in [0.15, 0.2) is 30.7 Å². The second-order valence-electron chi connectivity index (χ2n) is 7.56. The number of amides is 1. The second kappa shape index (κ2) is 8.09. The first-order valence-electron chi connectivity index (χ1n) is 9.81. The van der Waals surface area contributed by atoms with E-state index in [1.54, 1.807) is 42.9 Å². The van der Waals surface area contributed by atoms with Crippen LogP contribution in [0.25, 0.3) is 0 Å². The van der Waals surface area contributed by atoms with E-state index in [1.165, 1.54) is 12.3 Å². The van der Waals surface area contributed by atoms with Crippen molar-refractivity contribution in [3.63, 3.8) is 0 Å². The van der Waals surface area contributed by atoms with Gasteiger partial charge in [-0.2, -0.15) is 23.3 Å². The number of hydrogen-bond acceptors (Lipinski definition) is 7. The third-order valence-electron chi connectivity index (χ3n) is 5.21. The molecule has 32 heavy (non-hydrogen) atoms. The van der Waals surface area contributed by atoms with E-state index in [9.17, 15) is 18.0 Å². The largest absolute Gasteiger partial charge is 0.433 e. The Hall–Kier alpha value is -3.70. The number of fused-ring (bicyclic) bond motifs is 1. The van der Waals surface area contributed by atoms with Crippen molar-refractivity contribution in [3.05, 3.63) is 53.2 Å². The number of alkyl halides is 3. The molecule has 1 atom stereocenters. The van der Waals surface area contributed by atoms with Crippen molar-refractivity contribution < 1.29 is 18.0 Å². The van der Waals surface area contributed by atoms with Crippen LogP contribution < -0.4 is 15.5 Å². The highest BCUT2D eigenvalue weighted by Gasteiger charge is 2.32. The molecule has 4 rings (SSSR count). The Bertz CT molecular complexity index is 1140. The Morgan fingerprint density at radius 2 is 1.97 bits per heavy atom. The molecule has 0 saturated carbocycles. The number of aromatic nitrogens is 5. The molecule has 0 fully saturated rings. The molecule has 3 aromatic rings. The van der Waals surface area contributed by atoms with Crippen LogP contribution in [0.2, 0.25) is 0 Å². The zero-order valence-corrected chi connectivity index (χ0v) is 17.6. The summed E-state index contributed by atoms with van der Waals surface area (Å²) < 4.78 is 39.5. The van der Waals surface area contributed by atoms with E-state index in [1.807, 2.05) is 0 Å². The molecule has 0 aromatic carbocycles. The standard InChI is InChI=1S/C20H21F3N8O/c1-11-16-17(30(3)12(2)18(32)28-16)29-19(27-11)25-7-14-8-26-31(10-14)9-13-4-5-15(24-6-13)20(21,22)23/h4-6,8,10,12H,7,9H2,1-3H3,(H,28,32)(H,25,27,29)/t12-/m1/s1. The molecule has 9 nitrogen and oxygen atoms in total. The van der Waals surface area contributed by atoms with Gasteiger partial charge >= 0.3 is 6.18 Å². The molecule has 168 valence electrons. The minimum absolute atomic E-state index is 0.108. The summed E-state index contributed by atoms with van der Waals surface area (Å²) >= 11 is 0. The molecule has 0 radical (unpaired) electrons. The Balaban J connectivity index is 1.42. The summed E-state index contributed by atoms with van der Waals surface area (Å²) in [4.78, 5) is 26.2. The van der Waals surface area contributed by atoms with Crippen molar-refractivity contribution in [2.24, 2.45) is 0 Å². The van der Waals surface area contributed by atoms with Crippen molar-refractivity contribution in [1.29, 1.82) is 0 Å². The minimum atomic E-state index is -4.46. The Labute approximate surface area is 181 Å². The Morgan fingerprint density at radius 3 is 2.66 bits per heavy atom. The van der Waals surface area contributed by atoms with E-state index in [-0.39, 0.29) is 11.9 Å². The summed E-state index contributed by atoms with van der Waals surface area (Å²) in [7, 11) is 1.80. The van der Waals surface area contributed by atoms with Crippen LogP contribution in [0, 0.1) is 6.92 Å². The number of nitrogens with zero attached hydrogens (tertiary/aromatic N) is 6. The summed E-state index contributed by atoms with van der Waals surface area (Å²) in [5.41, 5.74) is 1.77.